The van der Waals surface area contributed by atoms with Gasteiger partial charge in [0.1, 0.15) is 5.82 Å². The Morgan fingerprint density at radius 2 is 1.83 bits per heavy atom. The molecule has 160 valence electrons. The lowest BCUT2D eigenvalue weighted by molar-refractivity contribution is -0.138. The summed E-state index contributed by atoms with van der Waals surface area (Å²) < 4.78 is 65.0. The number of nitriles is 1. The number of aliphatic hydroxyl groups is 1. The first-order valence-corrected chi connectivity index (χ1v) is 10.3. The van der Waals surface area contributed by atoms with Crippen molar-refractivity contribution in [3.63, 3.8) is 0 Å². The first-order chi connectivity index (χ1) is 14.0. The van der Waals surface area contributed by atoms with Crippen molar-refractivity contribution in [2.75, 3.05) is 16.8 Å². The van der Waals surface area contributed by atoms with Gasteiger partial charge in [-0.3, -0.25) is 9.00 Å². The molecule has 1 amide bonds. The summed E-state index contributed by atoms with van der Waals surface area (Å²) in [4.78, 5) is 12.8. The maximum atomic E-state index is 13.3. The van der Waals surface area contributed by atoms with Crippen molar-refractivity contribution < 1.29 is 31.7 Å². The Bertz CT molecular complexity index is 987. The van der Waals surface area contributed by atoms with Crippen LogP contribution in [0.25, 0.3) is 0 Å². The molecule has 2 unspecified atom stereocenters. The lowest BCUT2D eigenvalue weighted by Gasteiger charge is -2.27. The highest BCUT2D eigenvalue weighted by atomic mass is 32.2. The number of hydrogen-bond acceptors (Lipinski definition) is 4. The second-order valence-electron chi connectivity index (χ2n) is 6.48. The number of rotatable bonds is 7. The van der Waals surface area contributed by atoms with Crippen molar-refractivity contribution in [1.29, 1.82) is 5.26 Å². The molecule has 0 aliphatic carbocycles. The van der Waals surface area contributed by atoms with Gasteiger partial charge in [-0.1, -0.05) is 19.1 Å². The maximum Gasteiger partial charge on any atom is 0.417 e. The molecule has 2 aromatic rings. The lowest BCUT2D eigenvalue weighted by Crippen LogP contribution is -2.45. The standard InChI is InChI=1S/C20H18F4N2O3S/c1-2-9-30(29)12-19(28,14-4-6-15(21)7-5-14)18(27)26-16-8-3-13(11-25)17(10-16)20(22,23)24/h3-8,10,28H,2,9,12H2,1H3,(H,26,27). The molecular weight excluding hydrogens is 424 g/mol. The third kappa shape index (κ3) is 5.43. The molecule has 5 nitrogen and oxygen atoms in total. The molecular formula is C20H18F4N2O3S. The molecule has 0 bridgehead atoms. The van der Waals surface area contributed by atoms with Crippen LogP contribution in [0.3, 0.4) is 0 Å². The molecule has 2 atom stereocenters. The zero-order chi connectivity index (χ0) is 22.5. The summed E-state index contributed by atoms with van der Waals surface area (Å²) in [6, 6.07) is 8.25. The summed E-state index contributed by atoms with van der Waals surface area (Å²) in [5.74, 6) is -2.10. The zero-order valence-electron chi connectivity index (χ0n) is 15.8. The Balaban J connectivity index is 2.43. The monoisotopic (exact) mass is 442 g/mol. The van der Waals surface area contributed by atoms with Gasteiger partial charge in [0, 0.05) is 22.2 Å². The van der Waals surface area contributed by atoms with Crippen LogP contribution in [0.2, 0.25) is 0 Å². The van der Waals surface area contributed by atoms with E-state index in [-0.39, 0.29) is 17.0 Å². The van der Waals surface area contributed by atoms with Gasteiger partial charge in [0.25, 0.3) is 5.91 Å². The minimum absolute atomic E-state index is 0.0597. The van der Waals surface area contributed by atoms with Crippen molar-refractivity contribution in [1.82, 2.24) is 0 Å². The zero-order valence-corrected chi connectivity index (χ0v) is 16.6. The van der Waals surface area contributed by atoms with Crippen LogP contribution in [-0.4, -0.2) is 26.7 Å². The van der Waals surface area contributed by atoms with Gasteiger partial charge in [-0.2, -0.15) is 18.4 Å². The average Bonchev–Trinajstić information content (AvgIpc) is 2.67. The first kappa shape index (κ1) is 23.5. The molecule has 0 aliphatic rings. The van der Waals surface area contributed by atoms with Crippen LogP contribution in [0.1, 0.15) is 30.0 Å². The fraction of sp³-hybridized carbons (Fsp3) is 0.300. The maximum absolute atomic E-state index is 13.3. The van der Waals surface area contributed by atoms with Gasteiger partial charge in [0.05, 0.1) is 22.9 Å². The molecule has 0 aromatic heterocycles. The summed E-state index contributed by atoms with van der Waals surface area (Å²) in [6.07, 6.45) is -4.32. The number of anilines is 1. The number of carbonyl (C=O) groups excluding carboxylic acids is 1. The van der Waals surface area contributed by atoms with Crippen molar-refractivity contribution in [2.24, 2.45) is 0 Å². The van der Waals surface area contributed by atoms with Crippen LogP contribution in [0.4, 0.5) is 23.2 Å². The molecule has 2 N–H and O–H groups in total. The number of hydrogen-bond donors (Lipinski definition) is 2. The Morgan fingerprint density at radius 1 is 1.20 bits per heavy atom. The fourth-order valence-corrected chi connectivity index (χ4v) is 4.09. The number of nitrogens with one attached hydrogen (secondary N) is 1. The van der Waals surface area contributed by atoms with Gasteiger partial charge in [0.15, 0.2) is 5.60 Å². The Labute approximate surface area is 172 Å². The van der Waals surface area contributed by atoms with E-state index < -0.39 is 51.2 Å². The third-order valence-electron chi connectivity index (χ3n) is 4.20. The smallest absolute Gasteiger partial charge is 0.375 e. The normalized spacial score (nSPS) is 14.4. The van der Waals surface area contributed by atoms with Gasteiger partial charge < -0.3 is 10.4 Å². The minimum atomic E-state index is -4.83. The Kier molecular flexibility index (Phi) is 7.34. The first-order valence-electron chi connectivity index (χ1n) is 8.77. The molecule has 0 aliphatic heterocycles. The van der Waals surface area contributed by atoms with Crippen molar-refractivity contribution in [2.45, 2.75) is 25.1 Å². The fourth-order valence-electron chi connectivity index (χ4n) is 2.73. The van der Waals surface area contributed by atoms with Crippen LogP contribution < -0.4 is 5.32 Å². The van der Waals surface area contributed by atoms with Gasteiger partial charge in [0.2, 0.25) is 0 Å². The predicted molar refractivity (Wildman–Crippen MR) is 103 cm³/mol. The van der Waals surface area contributed by atoms with E-state index in [1.165, 1.54) is 6.07 Å². The van der Waals surface area contributed by atoms with E-state index in [1.807, 2.05) is 0 Å². The van der Waals surface area contributed by atoms with E-state index in [2.05, 4.69) is 5.32 Å². The largest absolute Gasteiger partial charge is 0.417 e. The van der Waals surface area contributed by atoms with Crippen LogP contribution in [0, 0.1) is 17.1 Å². The molecule has 0 saturated carbocycles. The molecule has 30 heavy (non-hydrogen) atoms. The second-order valence-corrected chi connectivity index (χ2v) is 8.06. The topological polar surface area (TPSA) is 90.2 Å². The summed E-state index contributed by atoms with van der Waals surface area (Å²) >= 11 is 0. The van der Waals surface area contributed by atoms with Crippen LogP contribution in [-0.2, 0) is 27.4 Å². The molecule has 0 spiro atoms. The number of alkyl halides is 3. The molecule has 0 saturated heterocycles. The number of benzene rings is 2. The van der Waals surface area contributed by atoms with Crippen molar-refractivity contribution in [3.8, 4) is 6.07 Å². The van der Waals surface area contributed by atoms with E-state index in [0.717, 1.165) is 36.4 Å². The van der Waals surface area contributed by atoms with E-state index in [9.17, 15) is 31.7 Å². The molecule has 0 fully saturated rings. The number of nitrogens with zero attached hydrogens (tertiary/aromatic N) is 1. The molecule has 2 rings (SSSR count). The second kappa shape index (κ2) is 9.36. The van der Waals surface area contributed by atoms with Crippen LogP contribution in [0.5, 0.6) is 0 Å². The van der Waals surface area contributed by atoms with Crippen LogP contribution in [0.15, 0.2) is 42.5 Å². The van der Waals surface area contributed by atoms with E-state index in [4.69, 9.17) is 5.26 Å². The predicted octanol–water partition coefficient (Wildman–Crippen LogP) is 3.70. The molecule has 10 heteroatoms. The number of amides is 1. The summed E-state index contributed by atoms with van der Waals surface area (Å²) in [5, 5.41) is 22.1. The van der Waals surface area contributed by atoms with Gasteiger partial charge in [-0.05, 0) is 42.3 Å². The minimum Gasteiger partial charge on any atom is -0.375 e. The molecule has 0 heterocycles. The lowest BCUT2D eigenvalue weighted by atomic mass is 9.94. The van der Waals surface area contributed by atoms with Gasteiger partial charge >= 0.3 is 6.18 Å². The molecule has 2 aromatic carbocycles. The quantitative estimate of drug-likeness (QED) is 0.640. The number of halogens is 4. The Hall–Kier alpha value is -2.77. The summed E-state index contributed by atoms with van der Waals surface area (Å²) in [6.45, 7) is 1.75. The van der Waals surface area contributed by atoms with Crippen LogP contribution >= 0.6 is 0 Å². The van der Waals surface area contributed by atoms with E-state index >= 15 is 0 Å². The van der Waals surface area contributed by atoms with E-state index in [1.54, 1.807) is 6.92 Å². The van der Waals surface area contributed by atoms with Crippen molar-refractivity contribution >= 4 is 22.4 Å². The van der Waals surface area contributed by atoms with Crippen molar-refractivity contribution in [3.05, 3.63) is 65.0 Å². The summed E-state index contributed by atoms with van der Waals surface area (Å²) in [5.41, 5.74) is -4.62. The highest BCUT2D eigenvalue weighted by Crippen LogP contribution is 2.34. The highest BCUT2D eigenvalue weighted by Gasteiger charge is 2.40. The van der Waals surface area contributed by atoms with E-state index in [0.29, 0.717) is 12.5 Å². The third-order valence-corrected chi connectivity index (χ3v) is 5.81. The number of carbonyl (C=O) groups is 1. The van der Waals surface area contributed by atoms with Gasteiger partial charge in [-0.15, -0.1) is 0 Å². The molecule has 0 radical (unpaired) electrons. The Morgan fingerprint density at radius 3 is 2.37 bits per heavy atom. The van der Waals surface area contributed by atoms with Gasteiger partial charge in [-0.25, -0.2) is 4.39 Å². The SMILES string of the molecule is CCCS(=O)CC(O)(C(=O)Nc1ccc(C#N)c(C(F)(F)F)c1)c1ccc(F)cc1. The average molecular weight is 442 g/mol. The summed E-state index contributed by atoms with van der Waals surface area (Å²) in [7, 11) is -1.63. The highest BCUT2D eigenvalue weighted by molar-refractivity contribution is 7.85.